The summed E-state index contributed by atoms with van der Waals surface area (Å²) in [5.74, 6) is 0. The van der Waals surface area contributed by atoms with Crippen LogP contribution in [0.25, 0.3) is 103 Å². The molecule has 15 aromatic rings. The van der Waals surface area contributed by atoms with Gasteiger partial charge in [0.25, 0.3) is 5.69 Å². The molecule has 0 aliphatic heterocycles. The molecule has 0 atom stereocenters. The van der Waals surface area contributed by atoms with Gasteiger partial charge in [-0.05, 0) is 107 Å². The van der Waals surface area contributed by atoms with Crippen LogP contribution in [0.2, 0.25) is 0 Å². The van der Waals surface area contributed by atoms with Gasteiger partial charge in [0.2, 0.25) is 0 Å². The number of nitro groups is 1. The number of hydrogen-bond acceptors (Lipinski definition) is 6. The van der Waals surface area contributed by atoms with Crippen LogP contribution in [0.4, 0.5) is 5.69 Å². The Morgan fingerprint density at radius 1 is 0.329 bits per heavy atom. The van der Waals surface area contributed by atoms with E-state index in [0.717, 1.165) is 53.2 Å². The Morgan fingerprint density at radius 2 is 0.658 bits per heavy atom. The van der Waals surface area contributed by atoms with Gasteiger partial charge >= 0.3 is 0 Å². The fraction of sp³-hybridized carbons (Fsp3) is 0.0294. The molecule has 0 radical (unpaired) electrons. The Hall–Kier alpha value is -7.87. The Bertz CT molecular complexity index is 4460. The van der Waals surface area contributed by atoms with E-state index in [0.29, 0.717) is 0 Å². The van der Waals surface area contributed by atoms with Gasteiger partial charge < -0.3 is 0 Å². The lowest BCUT2D eigenvalue weighted by Gasteiger charge is -2.18. The number of rotatable bonds is 5. The number of nitrogens with zero attached hydrogens (tertiary/aromatic N) is 1. The van der Waals surface area contributed by atoms with Crippen LogP contribution in [0.1, 0.15) is 18.6 Å². The first-order valence-electron chi connectivity index (χ1n) is 24.9. The number of thiophene rings is 4. The first-order chi connectivity index (χ1) is 37.1. The molecule has 0 saturated carbocycles. The van der Waals surface area contributed by atoms with E-state index in [1.54, 1.807) is 28.7 Å². The fourth-order valence-electron chi connectivity index (χ4n) is 11.2. The van der Waals surface area contributed by atoms with E-state index >= 15 is 0 Å². The molecule has 0 bridgehead atoms. The second-order valence-corrected chi connectivity index (χ2v) is 25.2. The summed E-state index contributed by atoms with van der Waals surface area (Å²) in [6.07, 6.45) is 1.05. The van der Waals surface area contributed by atoms with Crippen LogP contribution in [0.3, 0.4) is 0 Å². The van der Waals surface area contributed by atoms with Crippen LogP contribution in [0.5, 0.6) is 0 Å². The van der Waals surface area contributed by atoms with Crippen molar-refractivity contribution < 1.29 is 4.92 Å². The summed E-state index contributed by atoms with van der Waals surface area (Å²) in [6, 6.07) is 85.5. The molecule has 4 heterocycles. The first-order valence-corrected chi connectivity index (χ1v) is 29.5. The predicted octanol–water partition coefficient (Wildman–Crippen LogP) is 20.1. The number of benzene rings is 11. The third kappa shape index (κ3) is 8.18. The molecule has 11 aromatic carbocycles. The van der Waals surface area contributed by atoms with Crippen LogP contribution in [-0.2, 0) is 6.42 Å². The fourth-order valence-corrected chi connectivity index (χ4v) is 18.0. The van der Waals surface area contributed by atoms with Crippen molar-refractivity contribution in [1.82, 2.24) is 0 Å². The molecule has 364 valence electrons. The second-order valence-electron chi connectivity index (χ2n) is 18.6. The molecule has 0 amide bonds. The van der Waals surface area contributed by atoms with E-state index in [9.17, 15) is 10.1 Å². The molecular weight excluding hydrogens is 1020 g/mol. The molecule has 0 saturated heterocycles. The highest BCUT2D eigenvalue weighted by molar-refractivity contribution is 7.79. The van der Waals surface area contributed by atoms with Gasteiger partial charge in [-0.15, -0.1) is 45.3 Å². The maximum atomic E-state index is 12.0. The smallest absolute Gasteiger partial charge is 0.258 e. The van der Waals surface area contributed by atoms with E-state index in [1.165, 1.54) is 83.2 Å². The molecular formula is C68H46NO2PS4. The zero-order chi connectivity index (χ0) is 50.0. The molecule has 4 aromatic heterocycles. The van der Waals surface area contributed by atoms with Gasteiger partial charge in [-0.25, -0.2) is 0 Å². The van der Waals surface area contributed by atoms with Crippen molar-refractivity contribution in [3.8, 4) is 22.3 Å². The molecule has 0 N–H and O–H groups in total. The Morgan fingerprint density at radius 3 is 1.07 bits per heavy atom. The van der Waals surface area contributed by atoms with Crippen LogP contribution < -0.4 is 15.9 Å². The van der Waals surface area contributed by atoms with Gasteiger partial charge in [-0.3, -0.25) is 10.1 Å². The van der Waals surface area contributed by atoms with Gasteiger partial charge in [0.15, 0.2) is 0 Å². The normalized spacial score (nSPS) is 11.8. The van der Waals surface area contributed by atoms with Crippen LogP contribution >= 0.6 is 53.3 Å². The largest absolute Gasteiger partial charge is 0.277 e. The van der Waals surface area contributed by atoms with Crippen LogP contribution in [0, 0.1) is 10.1 Å². The van der Waals surface area contributed by atoms with E-state index in [4.69, 9.17) is 0 Å². The quantitative estimate of drug-likeness (QED) is 0.0979. The SMILES string of the molecule is C.O=[N+]([O-])c1ccc2sc3ccccc3c2c1-c1cccc2sc3ccccc3c12.c1ccc(P(c2ccccc2)c2ccccc2)cc1.c1ccc2c(c1)sc1ccc3c(c12)-c1c(ccc2sc4ccccc4c12)C3. The molecule has 1 aliphatic rings. The van der Waals surface area contributed by atoms with Crippen molar-refractivity contribution in [2.24, 2.45) is 0 Å². The summed E-state index contributed by atoms with van der Waals surface area (Å²) in [6.45, 7) is 0. The topological polar surface area (TPSA) is 43.1 Å². The van der Waals surface area contributed by atoms with Crippen molar-refractivity contribution >= 4 is 156 Å². The Labute approximate surface area is 457 Å². The lowest BCUT2D eigenvalue weighted by atomic mass is 9.94. The minimum absolute atomic E-state index is 0. The lowest BCUT2D eigenvalue weighted by molar-refractivity contribution is -0.384. The highest BCUT2D eigenvalue weighted by Crippen LogP contribution is 2.52. The minimum atomic E-state index is -0.446. The van der Waals surface area contributed by atoms with Crippen molar-refractivity contribution in [3.05, 3.63) is 264 Å². The third-order valence-electron chi connectivity index (χ3n) is 14.3. The van der Waals surface area contributed by atoms with Crippen molar-refractivity contribution in [1.29, 1.82) is 0 Å². The van der Waals surface area contributed by atoms with Crippen LogP contribution in [0.15, 0.2) is 243 Å². The number of hydrogen-bond donors (Lipinski definition) is 0. The molecule has 76 heavy (non-hydrogen) atoms. The van der Waals surface area contributed by atoms with Gasteiger partial charge in [0.1, 0.15) is 0 Å². The van der Waals surface area contributed by atoms with Crippen molar-refractivity contribution in [2.75, 3.05) is 0 Å². The summed E-state index contributed by atoms with van der Waals surface area (Å²) in [5, 5.41) is 26.2. The zero-order valence-corrected chi connectivity index (χ0v) is 44.3. The molecule has 0 fully saturated rings. The van der Waals surface area contributed by atoms with Gasteiger partial charge in [0.05, 0.1) is 10.5 Å². The summed E-state index contributed by atoms with van der Waals surface area (Å²) in [4.78, 5) is 11.8. The molecule has 16 rings (SSSR count). The van der Waals surface area contributed by atoms with E-state index in [1.807, 2.05) is 65.1 Å². The van der Waals surface area contributed by atoms with E-state index in [2.05, 4.69) is 194 Å². The average molecular weight is 1070 g/mol. The standard InChI is InChI=1S/C25H14S2.C24H13NO2S2.C18H15P.CH4/c1-3-7-18-16(5-1)24-20(26-18)11-9-14-13-15-10-12-21-25(23(15)22(14)24)17-6-2-4-8-19(17)27-21;26-25(27)17-12-13-21-24(15-7-2-4-10-19(15)29-21)23(17)16-8-5-11-20-22(16)14-6-1-3-9-18(14)28-20;1-4-10-16(11-5-1)19(17-12-6-2-7-13-17)18-14-8-3-9-15-18;/h1-12H,13H2;1-13H;1-15H;1H4. The van der Waals surface area contributed by atoms with E-state index < -0.39 is 7.92 Å². The maximum Gasteiger partial charge on any atom is 0.277 e. The molecule has 0 spiro atoms. The lowest BCUT2D eigenvalue weighted by Crippen LogP contribution is -2.20. The first kappa shape index (κ1) is 47.8. The second kappa shape index (κ2) is 20.0. The van der Waals surface area contributed by atoms with Gasteiger partial charge in [-0.2, -0.15) is 0 Å². The highest BCUT2D eigenvalue weighted by Gasteiger charge is 2.27. The zero-order valence-electron chi connectivity index (χ0n) is 40.1. The predicted molar refractivity (Wildman–Crippen MR) is 337 cm³/mol. The molecule has 3 nitrogen and oxygen atoms in total. The number of nitro benzene ring substituents is 1. The molecule has 0 unspecified atom stereocenters. The summed E-state index contributed by atoms with van der Waals surface area (Å²) in [7, 11) is -0.446. The highest BCUT2D eigenvalue weighted by atomic mass is 32.1. The molecule has 1 aliphatic carbocycles. The van der Waals surface area contributed by atoms with Crippen molar-refractivity contribution in [2.45, 2.75) is 13.8 Å². The van der Waals surface area contributed by atoms with Gasteiger partial charge in [-0.1, -0.05) is 195 Å². The number of fused-ring (bicyclic) bond motifs is 17. The summed E-state index contributed by atoms with van der Waals surface area (Å²) < 4.78 is 10.1. The monoisotopic (exact) mass is 1070 g/mol. The minimum Gasteiger partial charge on any atom is -0.258 e. The Kier molecular flexibility index (Phi) is 12.6. The van der Waals surface area contributed by atoms with Crippen molar-refractivity contribution in [3.63, 3.8) is 0 Å². The van der Waals surface area contributed by atoms with E-state index in [-0.39, 0.29) is 18.0 Å². The molecule has 8 heteroatoms. The third-order valence-corrected chi connectivity index (χ3v) is 21.3. The van der Waals surface area contributed by atoms with Crippen LogP contribution in [-0.4, -0.2) is 4.92 Å². The average Bonchev–Trinajstić information content (AvgIpc) is 4.31. The Balaban J connectivity index is 0.000000111. The van der Waals surface area contributed by atoms with Gasteiger partial charge in [0, 0.05) is 86.8 Å². The summed E-state index contributed by atoms with van der Waals surface area (Å²) in [5.41, 5.74) is 7.72. The maximum absolute atomic E-state index is 12.0. The summed E-state index contributed by atoms with van der Waals surface area (Å²) >= 11 is 7.24.